The maximum Gasteiger partial charge on any atom is 0.255 e. The highest BCUT2D eigenvalue weighted by Crippen LogP contribution is 2.24. The molecule has 0 unspecified atom stereocenters. The molecule has 0 aliphatic carbocycles. The summed E-state index contributed by atoms with van der Waals surface area (Å²) in [6, 6.07) is 20.9. The van der Waals surface area contributed by atoms with E-state index in [0.29, 0.717) is 17.9 Å². The van der Waals surface area contributed by atoms with Gasteiger partial charge in [-0.3, -0.25) is 4.79 Å². The summed E-state index contributed by atoms with van der Waals surface area (Å²) in [6.07, 6.45) is 0. The molecule has 140 valence electrons. The van der Waals surface area contributed by atoms with Gasteiger partial charge >= 0.3 is 0 Å². The molecule has 0 bridgehead atoms. The quantitative estimate of drug-likeness (QED) is 0.518. The number of carbonyl (C=O) groups is 1. The standard InChI is InChI=1S/C23H20N2O3/c1-15-21(16(2)28-25-15)14-27-19-12-10-18(11-13-19)23(26)24-22-9-5-7-17-6-3-4-8-20(17)22/h3-13H,14H2,1-2H3,(H,24,26). The van der Waals surface area contributed by atoms with Crippen molar-refractivity contribution in [3.63, 3.8) is 0 Å². The van der Waals surface area contributed by atoms with Crippen molar-refractivity contribution in [2.45, 2.75) is 20.5 Å². The molecule has 0 spiro atoms. The Bertz CT molecular complexity index is 1110. The zero-order valence-corrected chi connectivity index (χ0v) is 15.7. The monoisotopic (exact) mass is 372 g/mol. The van der Waals surface area contributed by atoms with Crippen LogP contribution in [0.15, 0.2) is 71.3 Å². The van der Waals surface area contributed by atoms with Crippen LogP contribution >= 0.6 is 0 Å². The molecule has 0 atom stereocenters. The van der Waals surface area contributed by atoms with Gasteiger partial charge in [0.05, 0.1) is 11.3 Å². The molecular formula is C23H20N2O3. The van der Waals surface area contributed by atoms with E-state index >= 15 is 0 Å². The Morgan fingerprint density at radius 2 is 1.75 bits per heavy atom. The fourth-order valence-electron chi connectivity index (χ4n) is 3.09. The van der Waals surface area contributed by atoms with E-state index in [1.807, 2.05) is 56.3 Å². The topological polar surface area (TPSA) is 64.4 Å². The minimum Gasteiger partial charge on any atom is -0.489 e. The van der Waals surface area contributed by atoms with Gasteiger partial charge in [-0.15, -0.1) is 0 Å². The predicted octanol–water partition coefficient (Wildman–Crippen LogP) is 5.28. The summed E-state index contributed by atoms with van der Waals surface area (Å²) in [4.78, 5) is 12.6. The third kappa shape index (κ3) is 3.60. The molecule has 5 heteroatoms. The van der Waals surface area contributed by atoms with Crippen LogP contribution in [0, 0.1) is 13.8 Å². The first-order valence-electron chi connectivity index (χ1n) is 9.05. The van der Waals surface area contributed by atoms with E-state index in [1.165, 1.54) is 0 Å². The molecular weight excluding hydrogens is 352 g/mol. The van der Waals surface area contributed by atoms with E-state index in [4.69, 9.17) is 9.26 Å². The third-order valence-electron chi connectivity index (χ3n) is 4.72. The van der Waals surface area contributed by atoms with Gasteiger partial charge in [0.25, 0.3) is 5.91 Å². The van der Waals surface area contributed by atoms with E-state index in [0.717, 1.165) is 33.5 Å². The Hall–Kier alpha value is -3.60. The van der Waals surface area contributed by atoms with Gasteiger partial charge in [0.15, 0.2) is 0 Å². The average Bonchev–Trinajstić information content (AvgIpc) is 3.04. The summed E-state index contributed by atoms with van der Waals surface area (Å²) < 4.78 is 10.9. The number of nitrogens with zero attached hydrogens (tertiary/aromatic N) is 1. The summed E-state index contributed by atoms with van der Waals surface area (Å²) in [5, 5.41) is 9.01. The second kappa shape index (κ2) is 7.56. The summed E-state index contributed by atoms with van der Waals surface area (Å²) in [7, 11) is 0. The Labute approximate surface area is 162 Å². The lowest BCUT2D eigenvalue weighted by Gasteiger charge is -2.10. The van der Waals surface area contributed by atoms with Crippen molar-refractivity contribution in [2.24, 2.45) is 0 Å². The maximum absolute atomic E-state index is 12.6. The number of ether oxygens (including phenoxy) is 1. The van der Waals surface area contributed by atoms with E-state index < -0.39 is 0 Å². The van der Waals surface area contributed by atoms with Crippen molar-refractivity contribution in [3.8, 4) is 5.75 Å². The van der Waals surface area contributed by atoms with Crippen LogP contribution < -0.4 is 10.1 Å². The first-order valence-corrected chi connectivity index (χ1v) is 9.05. The van der Waals surface area contributed by atoms with Gasteiger partial charge < -0.3 is 14.6 Å². The van der Waals surface area contributed by atoms with Crippen LogP contribution in [-0.2, 0) is 6.61 Å². The molecule has 5 nitrogen and oxygen atoms in total. The van der Waals surface area contributed by atoms with E-state index in [-0.39, 0.29) is 5.91 Å². The number of amides is 1. The molecule has 4 rings (SSSR count). The highest BCUT2D eigenvalue weighted by Gasteiger charge is 2.11. The largest absolute Gasteiger partial charge is 0.489 e. The van der Waals surface area contributed by atoms with Crippen LogP contribution in [0.2, 0.25) is 0 Å². The van der Waals surface area contributed by atoms with Crippen molar-refractivity contribution < 1.29 is 14.1 Å². The molecule has 3 aromatic carbocycles. The number of hydrogen-bond donors (Lipinski definition) is 1. The van der Waals surface area contributed by atoms with Crippen molar-refractivity contribution in [1.29, 1.82) is 0 Å². The number of aromatic nitrogens is 1. The van der Waals surface area contributed by atoms with E-state index in [9.17, 15) is 4.79 Å². The summed E-state index contributed by atoms with van der Waals surface area (Å²) in [5.74, 6) is 1.28. The average molecular weight is 372 g/mol. The summed E-state index contributed by atoms with van der Waals surface area (Å²) >= 11 is 0. The van der Waals surface area contributed by atoms with E-state index in [2.05, 4.69) is 10.5 Å². The van der Waals surface area contributed by atoms with Crippen molar-refractivity contribution in [3.05, 3.63) is 89.3 Å². The number of anilines is 1. The molecule has 1 N–H and O–H groups in total. The number of rotatable bonds is 5. The first-order chi connectivity index (χ1) is 13.6. The fourth-order valence-corrected chi connectivity index (χ4v) is 3.09. The van der Waals surface area contributed by atoms with Crippen LogP contribution in [0.1, 0.15) is 27.4 Å². The highest BCUT2D eigenvalue weighted by molar-refractivity contribution is 6.09. The van der Waals surface area contributed by atoms with Gasteiger partial charge in [-0.2, -0.15) is 0 Å². The van der Waals surface area contributed by atoms with Crippen LogP contribution in [0.25, 0.3) is 10.8 Å². The molecule has 0 saturated heterocycles. The molecule has 1 heterocycles. The summed E-state index contributed by atoms with van der Waals surface area (Å²) in [6.45, 7) is 4.12. The molecule has 1 amide bonds. The second-order valence-electron chi connectivity index (χ2n) is 6.60. The predicted molar refractivity (Wildman–Crippen MR) is 109 cm³/mol. The fraction of sp³-hybridized carbons (Fsp3) is 0.130. The minimum absolute atomic E-state index is 0.159. The van der Waals surface area contributed by atoms with Gasteiger partial charge in [-0.05, 0) is 49.6 Å². The molecule has 28 heavy (non-hydrogen) atoms. The minimum atomic E-state index is -0.159. The number of carbonyl (C=O) groups excluding carboxylic acids is 1. The first kappa shape index (κ1) is 17.8. The molecule has 0 saturated carbocycles. The molecule has 4 aromatic rings. The Balaban J connectivity index is 1.45. The number of fused-ring (bicyclic) bond motifs is 1. The van der Waals surface area contributed by atoms with Gasteiger partial charge in [-0.1, -0.05) is 41.6 Å². The zero-order chi connectivity index (χ0) is 19.5. The van der Waals surface area contributed by atoms with Crippen molar-refractivity contribution in [1.82, 2.24) is 5.16 Å². The van der Waals surface area contributed by atoms with Gasteiger partial charge in [0.2, 0.25) is 0 Å². The molecule has 0 fully saturated rings. The van der Waals surface area contributed by atoms with Gasteiger partial charge in [0, 0.05) is 16.6 Å². The highest BCUT2D eigenvalue weighted by atomic mass is 16.5. The normalized spacial score (nSPS) is 10.8. The Morgan fingerprint density at radius 1 is 1.00 bits per heavy atom. The van der Waals surface area contributed by atoms with Crippen LogP contribution in [-0.4, -0.2) is 11.1 Å². The lowest BCUT2D eigenvalue weighted by atomic mass is 10.1. The number of hydrogen-bond acceptors (Lipinski definition) is 4. The van der Waals surface area contributed by atoms with Crippen molar-refractivity contribution in [2.75, 3.05) is 5.32 Å². The van der Waals surface area contributed by atoms with Crippen LogP contribution in [0.3, 0.4) is 0 Å². The van der Waals surface area contributed by atoms with E-state index in [1.54, 1.807) is 24.3 Å². The maximum atomic E-state index is 12.6. The Morgan fingerprint density at radius 3 is 2.50 bits per heavy atom. The molecule has 0 aliphatic heterocycles. The zero-order valence-electron chi connectivity index (χ0n) is 15.7. The lowest BCUT2D eigenvalue weighted by Crippen LogP contribution is -2.12. The second-order valence-corrected chi connectivity index (χ2v) is 6.60. The molecule has 0 radical (unpaired) electrons. The lowest BCUT2D eigenvalue weighted by molar-refractivity contribution is 0.102. The SMILES string of the molecule is Cc1noc(C)c1COc1ccc(C(=O)Nc2cccc3ccccc23)cc1. The van der Waals surface area contributed by atoms with Crippen LogP contribution in [0.5, 0.6) is 5.75 Å². The number of benzene rings is 3. The smallest absolute Gasteiger partial charge is 0.255 e. The van der Waals surface area contributed by atoms with Gasteiger partial charge in [0.1, 0.15) is 18.1 Å². The molecule has 1 aromatic heterocycles. The summed E-state index contributed by atoms with van der Waals surface area (Å²) in [5.41, 5.74) is 3.13. The van der Waals surface area contributed by atoms with Crippen LogP contribution in [0.4, 0.5) is 5.69 Å². The third-order valence-corrected chi connectivity index (χ3v) is 4.72. The number of nitrogens with one attached hydrogen (secondary N) is 1. The Kier molecular flexibility index (Phi) is 4.81. The van der Waals surface area contributed by atoms with Crippen molar-refractivity contribution >= 4 is 22.4 Å². The molecule has 0 aliphatic rings. The number of aryl methyl sites for hydroxylation is 2. The van der Waals surface area contributed by atoms with Gasteiger partial charge in [-0.25, -0.2) is 0 Å².